The highest BCUT2D eigenvalue weighted by molar-refractivity contribution is 7.91. The van der Waals surface area contributed by atoms with E-state index >= 15 is 0 Å². The Morgan fingerprint density at radius 1 is 0.894 bits per heavy atom. The smallest absolute Gasteiger partial charge is 0.409 e. The highest BCUT2D eigenvalue weighted by atomic mass is 32.2. The van der Waals surface area contributed by atoms with Crippen LogP contribution in [0, 0.1) is 0 Å². The number of carbonyl (C=O) groups excluding carboxylic acids is 4. The zero-order valence-electron chi connectivity index (χ0n) is 26.8. The van der Waals surface area contributed by atoms with Gasteiger partial charge in [-0.25, -0.2) is 23.2 Å². The van der Waals surface area contributed by atoms with Crippen LogP contribution in [0.15, 0.2) is 76.7 Å². The van der Waals surface area contributed by atoms with Gasteiger partial charge >= 0.3 is 12.1 Å². The molecule has 3 amide bonds. The molecule has 0 radical (unpaired) electrons. The lowest BCUT2D eigenvalue weighted by Crippen LogP contribution is -2.56. The SMILES string of the molecule is CCOC(=O)N1CCN(C(=O)C(CCC(=O)OC(C)(C)C)NC(=O)c2cc(S(=O)(=O)c3ccccc3)nc(-c3ccccc3)n2)CC1. The van der Waals surface area contributed by atoms with Gasteiger partial charge < -0.3 is 24.6 Å². The van der Waals surface area contributed by atoms with E-state index in [2.05, 4.69) is 15.3 Å². The summed E-state index contributed by atoms with van der Waals surface area (Å²) in [6.45, 7) is 7.91. The van der Waals surface area contributed by atoms with E-state index in [0.29, 0.717) is 5.56 Å². The third-order valence-corrected chi connectivity index (χ3v) is 8.73. The number of benzene rings is 2. The number of rotatable bonds is 10. The minimum Gasteiger partial charge on any atom is -0.460 e. The van der Waals surface area contributed by atoms with Crippen molar-refractivity contribution in [2.45, 2.75) is 62.1 Å². The maximum atomic E-state index is 13.8. The van der Waals surface area contributed by atoms with Gasteiger partial charge in [-0.05, 0) is 46.2 Å². The molecule has 0 saturated carbocycles. The van der Waals surface area contributed by atoms with Crippen LogP contribution in [0.4, 0.5) is 4.79 Å². The molecule has 13 nitrogen and oxygen atoms in total. The predicted molar refractivity (Wildman–Crippen MR) is 171 cm³/mol. The molecule has 2 aromatic carbocycles. The topological polar surface area (TPSA) is 165 Å². The van der Waals surface area contributed by atoms with E-state index in [9.17, 15) is 27.6 Å². The number of piperazine rings is 1. The summed E-state index contributed by atoms with van der Waals surface area (Å²) in [5.74, 6) is -1.86. The van der Waals surface area contributed by atoms with Gasteiger partial charge in [0.05, 0.1) is 11.5 Å². The van der Waals surface area contributed by atoms with Crippen LogP contribution in [0.25, 0.3) is 11.4 Å². The van der Waals surface area contributed by atoms with Crippen molar-refractivity contribution in [2.75, 3.05) is 32.8 Å². The van der Waals surface area contributed by atoms with Crippen LogP contribution in [-0.4, -0.2) is 96.5 Å². The second kappa shape index (κ2) is 15.2. The number of aromatic nitrogens is 2. The van der Waals surface area contributed by atoms with E-state index in [1.165, 1.54) is 21.9 Å². The molecule has 1 N–H and O–H groups in total. The first-order chi connectivity index (χ1) is 22.3. The molecule has 1 fully saturated rings. The molecule has 0 aliphatic carbocycles. The predicted octanol–water partition coefficient (Wildman–Crippen LogP) is 3.50. The number of hydrogen-bond donors (Lipinski definition) is 1. The molecule has 4 rings (SSSR count). The van der Waals surface area contributed by atoms with Gasteiger partial charge in [-0.15, -0.1) is 0 Å². The van der Waals surface area contributed by atoms with Crippen molar-refractivity contribution in [3.05, 3.63) is 72.4 Å². The van der Waals surface area contributed by atoms with Crippen LogP contribution < -0.4 is 5.32 Å². The number of nitrogens with one attached hydrogen (secondary N) is 1. The van der Waals surface area contributed by atoms with Crippen LogP contribution in [0.2, 0.25) is 0 Å². The van der Waals surface area contributed by atoms with Crippen LogP contribution in [-0.2, 0) is 28.9 Å². The Kier molecular flexibility index (Phi) is 11.3. The van der Waals surface area contributed by atoms with E-state index < -0.39 is 50.4 Å². The zero-order chi connectivity index (χ0) is 34.2. The summed E-state index contributed by atoms with van der Waals surface area (Å²) in [5, 5.41) is 2.28. The van der Waals surface area contributed by atoms with Gasteiger partial charge in [0.1, 0.15) is 17.3 Å². The molecule has 250 valence electrons. The van der Waals surface area contributed by atoms with Crippen LogP contribution >= 0.6 is 0 Å². The number of nitrogens with zero attached hydrogens (tertiary/aromatic N) is 4. The van der Waals surface area contributed by atoms with Gasteiger partial charge in [0, 0.05) is 44.2 Å². The van der Waals surface area contributed by atoms with Gasteiger partial charge in [0.25, 0.3) is 5.91 Å². The standard InChI is InChI=1S/C33H39N5O8S/c1-5-45-32(42)38-20-18-37(19-21-38)31(41)25(16-17-28(39)46-33(2,3)4)35-30(40)26-22-27(47(43,44)24-14-10-7-11-15-24)36-29(34-26)23-12-8-6-9-13-23/h6-15,22,25H,5,16-21H2,1-4H3,(H,35,40). The Bertz CT molecular complexity index is 1690. The number of amides is 3. The minimum absolute atomic E-state index is 0.000486. The van der Waals surface area contributed by atoms with E-state index in [0.717, 1.165) is 6.07 Å². The molecule has 2 heterocycles. The number of sulfone groups is 1. The lowest BCUT2D eigenvalue weighted by Gasteiger charge is -2.36. The van der Waals surface area contributed by atoms with Crippen molar-refractivity contribution in [1.29, 1.82) is 0 Å². The summed E-state index contributed by atoms with van der Waals surface area (Å²) >= 11 is 0. The Labute approximate surface area is 274 Å². The van der Waals surface area contributed by atoms with Gasteiger partial charge in [-0.3, -0.25) is 14.4 Å². The van der Waals surface area contributed by atoms with Crippen LogP contribution in [0.5, 0.6) is 0 Å². The molecule has 1 aromatic heterocycles. The molecule has 1 saturated heterocycles. The number of esters is 1. The highest BCUT2D eigenvalue weighted by Gasteiger charge is 2.32. The first kappa shape index (κ1) is 35.0. The van der Waals surface area contributed by atoms with Crippen molar-refractivity contribution < 1.29 is 37.1 Å². The number of ether oxygens (including phenoxy) is 2. The van der Waals surface area contributed by atoms with Gasteiger partial charge in [-0.2, -0.15) is 0 Å². The van der Waals surface area contributed by atoms with Crippen LogP contribution in [0.1, 0.15) is 51.0 Å². The fourth-order valence-corrected chi connectivity index (χ4v) is 6.03. The number of carbonyl (C=O) groups is 4. The lowest BCUT2D eigenvalue weighted by molar-refractivity contribution is -0.155. The molecule has 1 aliphatic heterocycles. The van der Waals surface area contributed by atoms with E-state index in [-0.39, 0.29) is 62.0 Å². The zero-order valence-corrected chi connectivity index (χ0v) is 27.7. The second-order valence-corrected chi connectivity index (χ2v) is 13.7. The molecule has 0 bridgehead atoms. The molecular formula is C33H39N5O8S. The van der Waals surface area contributed by atoms with E-state index in [1.807, 2.05) is 0 Å². The minimum atomic E-state index is -4.15. The first-order valence-corrected chi connectivity index (χ1v) is 16.7. The third-order valence-electron chi connectivity index (χ3n) is 7.07. The number of hydrogen-bond acceptors (Lipinski definition) is 10. The highest BCUT2D eigenvalue weighted by Crippen LogP contribution is 2.23. The molecule has 1 atom stereocenters. The summed E-state index contributed by atoms with van der Waals surface area (Å²) in [6.07, 6.45) is -0.749. The summed E-state index contributed by atoms with van der Waals surface area (Å²) in [6, 6.07) is 16.1. The fraction of sp³-hybridized carbons (Fsp3) is 0.394. The van der Waals surface area contributed by atoms with E-state index in [4.69, 9.17) is 9.47 Å². The molecular weight excluding hydrogens is 626 g/mol. The van der Waals surface area contributed by atoms with Crippen molar-refractivity contribution in [1.82, 2.24) is 25.1 Å². The first-order valence-electron chi connectivity index (χ1n) is 15.3. The van der Waals surface area contributed by atoms with Gasteiger partial charge in [0.15, 0.2) is 10.9 Å². The summed E-state index contributed by atoms with van der Waals surface area (Å²) in [4.78, 5) is 63.9. The summed E-state index contributed by atoms with van der Waals surface area (Å²) in [5.41, 5.74) is -0.558. The molecule has 14 heteroatoms. The Balaban J connectivity index is 1.64. The molecule has 0 spiro atoms. The maximum absolute atomic E-state index is 13.8. The molecule has 3 aromatic rings. The van der Waals surface area contributed by atoms with E-state index in [1.54, 1.807) is 76.2 Å². The Morgan fingerprint density at radius 2 is 1.49 bits per heavy atom. The largest absolute Gasteiger partial charge is 0.460 e. The van der Waals surface area contributed by atoms with Crippen molar-refractivity contribution >= 4 is 33.7 Å². The average molecular weight is 666 g/mol. The van der Waals surface area contributed by atoms with Gasteiger partial charge in [-0.1, -0.05) is 48.5 Å². The Hall–Kier alpha value is -4.85. The maximum Gasteiger partial charge on any atom is 0.409 e. The second-order valence-electron chi connectivity index (χ2n) is 11.8. The van der Waals surface area contributed by atoms with Crippen molar-refractivity contribution in [2.24, 2.45) is 0 Å². The van der Waals surface area contributed by atoms with Crippen LogP contribution in [0.3, 0.4) is 0 Å². The Morgan fingerprint density at radius 3 is 2.09 bits per heavy atom. The summed E-state index contributed by atoms with van der Waals surface area (Å²) < 4.78 is 37.6. The van der Waals surface area contributed by atoms with Crippen molar-refractivity contribution in [3.63, 3.8) is 0 Å². The summed E-state index contributed by atoms with van der Waals surface area (Å²) in [7, 11) is -4.15. The normalized spacial score (nSPS) is 14.2. The monoisotopic (exact) mass is 665 g/mol. The fourth-order valence-electron chi connectivity index (χ4n) is 4.80. The molecule has 47 heavy (non-hydrogen) atoms. The third kappa shape index (κ3) is 9.35. The lowest BCUT2D eigenvalue weighted by atomic mass is 10.1. The van der Waals surface area contributed by atoms with Gasteiger partial charge in [0.2, 0.25) is 15.7 Å². The molecule has 1 unspecified atom stereocenters. The average Bonchev–Trinajstić information content (AvgIpc) is 3.06. The van der Waals surface area contributed by atoms with Crippen molar-refractivity contribution in [3.8, 4) is 11.4 Å². The molecule has 1 aliphatic rings. The quantitative estimate of drug-likeness (QED) is 0.250.